The first kappa shape index (κ1) is 10.6. The first-order valence-electron chi connectivity index (χ1n) is 5.51. The van der Waals surface area contributed by atoms with E-state index < -0.39 is 0 Å². The molecule has 1 aliphatic heterocycles. The zero-order valence-electron chi connectivity index (χ0n) is 9.04. The summed E-state index contributed by atoms with van der Waals surface area (Å²) in [5, 5.41) is 3.42. The Morgan fingerprint density at radius 1 is 1.53 bits per heavy atom. The van der Waals surface area contributed by atoms with E-state index in [1.807, 2.05) is 6.07 Å². The third kappa shape index (κ3) is 2.55. The number of rotatable bonds is 2. The quantitative estimate of drug-likeness (QED) is 0.797. The van der Waals surface area contributed by atoms with Gasteiger partial charge in [0.15, 0.2) is 0 Å². The van der Waals surface area contributed by atoms with Gasteiger partial charge in [-0.3, -0.25) is 0 Å². The Labute approximate surface area is 90.1 Å². The highest BCUT2D eigenvalue weighted by Crippen LogP contribution is 2.17. The van der Waals surface area contributed by atoms with Gasteiger partial charge in [0.1, 0.15) is 5.82 Å². The maximum absolute atomic E-state index is 13.1. The molecular formula is C12H17FN2. The summed E-state index contributed by atoms with van der Waals surface area (Å²) < 4.78 is 13.1. The van der Waals surface area contributed by atoms with Crippen LogP contribution in [0.3, 0.4) is 0 Å². The Kier molecular flexibility index (Phi) is 3.34. The van der Waals surface area contributed by atoms with Gasteiger partial charge < -0.3 is 10.2 Å². The van der Waals surface area contributed by atoms with Crippen molar-refractivity contribution in [3.05, 3.63) is 35.6 Å². The summed E-state index contributed by atoms with van der Waals surface area (Å²) in [6.07, 6.45) is 0. The van der Waals surface area contributed by atoms with Gasteiger partial charge in [-0.25, -0.2) is 4.39 Å². The van der Waals surface area contributed by atoms with Crippen molar-refractivity contribution in [3.8, 4) is 0 Å². The number of likely N-dealkylation sites (N-methyl/N-ethyl adjacent to an activating group) is 1. The van der Waals surface area contributed by atoms with Gasteiger partial charge in [-0.15, -0.1) is 0 Å². The number of hydrogen-bond donors (Lipinski definition) is 1. The number of benzene rings is 1. The van der Waals surface area contributed by atoms with E-state index in [9.17, 15) is 4.39 Å². The van der Waals surface area contributed by atoms with E-state index in [2.05, 4.69) is 17.1 Å². The third-order valence-corrected chi connectivity index (χ3v) is 2.96. The van der Waals surface area contributed by atoms with Crippen LogP contribution in [0.25, 0.3) is 0 Å². The number of nitrogens with one attached hydrogen (secondary N) is 1. The average Bonchev–Trinajstić information content (AvgIpc) is 2.29. The fourth-order valence-electron chi connectivity index (χ4n) is 2.04. The van der Waals surface area contributed by atoms with Crippen LogP contribution in [-0.4, -0.2) is 31.1 Å². The maximum atomic E-state index is 13.1. The number of hydrogen-bond acceptors (Lipinski definition) is 2. The highest BCUT2D eigenvalue weighted by molar-refractivity contribution is 5.21. The number of nitrogens with zero attached hydrogens (tertiary/aromatic N) is 1. The second kappa shape index (κ2) is 4.73. The molecule has 0 amide bonds. The summed E-state index contributed by atoms with van der Waals surface area (Å²) in [5.74, 6) is -0.150. The minimum Gasteiger partial charge on any atom is -0.308 e. The van der Waals surface area contributed by atoms with E-state index in [1.54, 1.807) is 12.1 Å². The molecule has 1 N–H and O–H groups in total. The summed E-state index contributed by atoms with van der Waals surface area (Å²) in [6.45, 7) is 6.26. The van der Waals surface area contributed by atoms with Gasteiger partial charge in [0.25, 0.3) is 0 Å². The van der Waals surface area contributed by atoms with Gasteiger partial charge in [0.2, 0.25) is 0 Å². The van der Waals surface area contributed by atoms with Crippen molar-refractivity contribution < 1.29 is 4.39 Å². The highest BCUT2D eigenvalue weighted by atomic mass is 19.1. The highest BCUT2D eigenvalue weighted by Gasteiger charge is 2.19. The van der Waals surface area contributed by atoms with Crippen LogP contribution >= 0.6 is 0 Å². The first-order valence-corrected chi connectivity index (χ1v) is 5.51. The first-order chi connectivity index (χ1) is 7.29. The second-order valence-corrected chi connectivity index (χ2v) is 3.95. The second-order valence-electron chi connectivity index (χ2n) is 3.95. The lowest BCUT2D eigenvalue weighted by atomic mass is 10.0. The summed E-state index contributed by atoms with van der Waals surface area (Å²) >= 11 is 0. The van der Waals surface area contributed by atoms with Crippen LogP contribution in [-0.2, 0) is 0 Å². The van der Waals surface area contributed by atoms with Crippen LogP contribution in [0.2, 0.25) is 0 Å². The molecule has 82 valence electrons. The Morgan fingerprint density at radius 3 is 3.13 bits per heavy atom. The molecule has 1 heterocycles. The molecule has 2 nitrogen and oxygen atoms in total. The molecule has 2 rings (SSSR count). The Balaban J connectivity index is 2.09. The van der Waals surface area contributed by atoms with E-state index in [0.29, 0.717) is 0 Å². The molecule has 0 radical (unpaired) electrons. The summed E-state index contributed by atoms with van der Waals surface area (Å²) in [4.78, 5) is 2.38. The van der Waals surface area contributed by atoms with E-state index >= 15 is 0 Å². The molecule has 0 aromatic heterocycles. The van der Waals surface area contributed by atoms with Crippen molar-refractivity contribution in [1.82, 2.24) is 10.2 Å². The molecule has 3 heteroatoms. The topological polar surface area (TPSA) is 15.3 Å². The van der Waals surface area contributed by atoms with Crippen molar-refractivity contribution in [2.24, 2.45) is 0 Å². The molecular weight excluding hydrogens is 191 g/mol. The van der Waals surface area contributed by atoms with Crippen molar-refractivity contribution in [1.29, 1.82) is 0 Å². The largest absolute Gasteiger partial charge is 0.308 e. The molecule has 0 aliphatic carbocycles. The summed E-state index contributed by atoms with van der Waals surface area (Å²) in [5.41, 5.74) is 1.05. The Morgan fingerprint density at radius 2 is 2.40 bits per heavy atom. The summed E-state index contributed by atoms with van der Waals surface area (Å²) in [6, 6.07) is 7.15. The monoisotopic (exact) mass is 208 g/mol. The van der Waals surface area contributed by atoms with Crippen molar-refractivity contribution in [3.63, 3.8) is 0 Å². The van der Waals surface area contributed by atoms with Gasteiger partial charge in [-0.05, 0) is 24.2 Å². The van der Waals surface area contributed by atoms with Gasteiger partial charge in [-0.2, -0.15) is 0 Å². The van der Waals surface area contributed by atoms with Crippen LogP contribution in [0.1, 0.15) is 18.5 Å². The average molecular weight is 208 g/mol. The standard InChI is InChI=1S/C12H17FN2/c1-2-15-7-6-14-12(9-15)10-4-3-5-11(13)8-10/h3-5,8,12,14H,2,6-7,9H2,1H3/t12-/m0/s1. The minimum atomic E-state index is -0.150. The van der Waals surface area contributed by atoms with Crippen molar-refractivity contribution in [2.45, 2.75) is 13.0 Å². The molecule has 1 aliphatic rings. The lowest BCUT2D eigenvalue weighted by Crippen LogP contribution is -2.45. The Bertz CT molecular complexity index is 327. The predicted octanol–water partition coefficient (Wildman–Crippen LogP) is 1.79. The van der Waals surface area contributed by atoms with Gasteiger partial charge in [0.05, 0.1) is 0 Å². The lowest BCUT2D eigenvalue weighted by molar-refractivity contribution is 0.210. The van der Waals surface area contributed by atoms with E-state index in [1.165, 1.54) is 6.07 Å². The summed E-state index contributed by atoms with van der Waals surface area (Å²) in [7, 11) is 0. The molecule has 1 fully saturated rings. The van der Waals surface area contributed by atoms with Crippen molar-refractivity contribution >= 4 is 0 Å². The fourth-order valence-corrected chi connectivity index (χ4v) is 2.04. The number of piperazine rings is 1. The Hall–Kier alpha value is -0.930. The van der Waals surface area contributed by atoms with Crippen LogP contribution in [0.4, 0.5) is 4.39 Å². The molecule has 0 unspecified atom stereocenters. The molecule has 0 bridgehead atoms. The smallest absolute Gasteiger partial charge is 0.123 e. The van der Waals surface area contributed by atoms with Gasteiger partial charge >= 0.3 is 0 Å². The molecule has 1 aromatic carbocycles. The number of halogens is 1. The van der Waals surface area contributed by atoms with E-state index in [-0.39, 0.29) is 11.9 Å². The lowest BCUT2D eigenvalue weighted by Gasteiger charge is -2.33. The molecule has 1 aromatic rings. The van der Waals surface area contributed by atoms with Gasteiger partial charge in [0, 0.05) is 25.7 Å². The zero-order valence-corrected chi connectivity index (χ0v) is 9.04. The van der Waals surface area contributed by atoms with Crippen molar-refractivity contribution in [2.75, 3.05) is 26.2 Å². The van der Waals surface area contributed by atoms with Gasteiger partial charge in [-0.1, -0.05) is 19.1 Å². The zero-order chi connectivity index (χ0) is 10.7. The fraction of sp³-hybridized carbons (Fsp3) is 0.500. The molecule has 0 saturated carbocycles. The van der Waals surface area contributed by atoms with Crippen LogP contribution < -0.4 is 5.32 Å². The minimum absolute atomic E-state index is 0.150. The molecule has 1 atom stereocenters. The van der Waals surface area contributed by atoms with E-state index in [4.69, 9.17) is 0 Å². The predicted molar refractivity (Wildman–Crippen MR) is 59.3 cm³/mol. The molecule has 15 heavy (non-hydrogen) atoms. The SMILES string of the molecule is CCN1CCN[C@H](c2cccc(F)c2)C1. The molecule has 0 spiro atoms. The van der Waals surface area contributed by atoms with E-state index in [0.717, 1.165) is 31.7 Å². The van der Waals surface area contributed by atoms with Crippen LogP contribution in [0.15, 0.2) is 24.3 Å². The van der Waals surface area contributed by atoms with Crippen LogP contribution in [0, 0.1) is 5.82 Å². The third-order valence-electron chi connectivity index (χ3n) is 2.96. The maximum Gasteiger partial charge on any atom is 0.123 e. The molecule has 1 saturated heterocycles. The van der Waals surface area contributed by atoms with Crippen LogP contribution in [0.5, 0.6) is 0 Å². The normalized spacial score (nSPS) is 22.9.